The molecule has 0 aromatic carbocycles. The summed E-state index contributed by atoms with van der Waals surface area (Å²) in [5.74, 6) is 0. The van der Waals surface area contributed by atoms with Crippen LogP contribution >= 0.6 is 15.9 Å². The van der Waals surface area contributed by atoms with E-state index in [0.29, 0.717) is 10.3 Å². The normalized spacial score (nSPS) is 15.8. The third-order valence-corrected chi connectivity index (χ3v) is 4.67. The van der Waals surface area contributed by atoms with Crippen molar-refractivity contribution in [3.05, 3.63) is 28.5 Å². The highest BCUT2D eigenvalue weighted by atomic mass is 79.9. The molecule has 0 fully saturated rings. The van der Waals surface area contributed by atoms with Gasteiger partial charge in [0.1, 0.15) is 4.60 Å². The summed E-state index contributed by atoms with van der Waals surface area (Å²) in [6, 6.07) is 4.28. The maximum Gasteiger partial charge on any atom is 0.389 e. The van der Waals surface area contributed by atoms with E-state index in [0.717, 1.165) is 0 Å². The van der Waals surface area contributed by atoms with Crippen molar-refractivity contribution in [1.29, 1.82) is 0 Å². The summed E-state index contributed by atoms with van der Waals surface area (Å²) >= 11 is 3.19. The van der Waals surface area contributed by atoms with Gasteiger partial charge in [-0.15, -0.1) is 0 Å². The third kappa shape index (κ3) is 6.88. The Hall–Kier alpha value is -0.470. The van der Waals surface area contributed by atoms with Crippen molar-refractivity contribution in [3.63, 3.8) is 0 Å². The van der Waals surface area contributed by atoms with Crippen LogP contribution in [0.4, 0.5) is 13.2 Å². The van der Waals surface area contributed by atoms with E-state index in [2.05, 4.69) is 25.6 Å². The van der Waals surface area contributed by atoms with Gasteiger partial charge < -0.3 is 0 Å². The number of alkyl halides is 3. The molecular formula is C13H18BrF3N2OS. The molecule has 21 heavy (non-hydrogen) atoms. The van der Waals surface area contributed by atoms with Crippen LogP contribution in [0.5, 0.6) is 0 Å². The molecule has 1 aromatic heterocycles. The van der Waals surface area contributed by atoms with Crippen LogP contribution in [0.25, 0.3) is 0 Å². The second kappa shape index (κ2) is 7.19. The average Bonchev–Trinajstić information content (AvgIpc) is 2.31. The van der Waals surface area contributed by atoms with E-state index in [9.17, 15) is 17.4 Å². The average molecular weight is 387 g/mol. The molecule has 1 aromatic rings. The summed E-state index contributed by atoms with van der Waals surface area (Å²) in [6.45, 7) is 5.27. The molecule has 1 rings (SSSR count). The lowest BCUT2D eigenvalue weighted by atomic mass is 10.1. The number of nitrogens with zero attached hydrogens (tertiary/aromatic N) is 1. The molecule has 0 spiro atoms. The predicted molar refractivity (Wildman–Crippen MR) is 81.0 cm³/mol. The predicted octanol–water partition coefficient (Wildman–Crippen LogP) is 4.28. The molecular weight excluding hydrogens is 369 g/mol. The summed E-state index contributed by atoms with van der Waals surface area (Å²) in [5, 5.41) is 0. The quantitative estimate of drug-likeness (QED) is 0.767. The zero-order valence-corrected chi connectivity index (χ0v) is 14.4. The van der Waals surface area contributed by atoms with Gasteiger partial charge in [0.2, 0.25) is 0 Å². The summed E-state index contributed by atoms with van der Waals surface area (Å²) in [7, 11) is -1.48. The molecule has 2 atom stereocenters. The topological polar surface area (TPSA) is 42.0 Å². The van der Waals surface area contributed by atoms with Crippen LogP contribution in [0.3, 0.4) is 0 Å². The minimum atomic E-state index is -4.25. The fourth-order valence-electron chi connectivity index (χ4n) is 1.50. The van der Waals surface area contributed by atoms with Crippen LogP contribution in [0, 0.1) is 0 Å². The maximum absolute atomic E-state index is 12.4. The Balaban J connectivity index is 2.92. The second-order valence-corrected chi connectivity index (χ2v) is 8.40. The molecule has 0 saturated carbocycles. The fraction of sp³-hybridized carbons (Fsp3) is 0.615. The Labute approximate surface area is 133 Å². The van der Waals surface area contributed by atoms with Gasteiger partial charge in [0.25, 0.3) is 0 Å². The van der Waals surface area contributed by atoms with Crippen LogP contribution in [0.2, 0.25) is 0 Å². The van der Waals surface area contributed by atoms with E-state index in [1.54, 1.807) is 39.0 Å². The summed E-state index contributed by atoms with van der Waals surface area (Å²) in [5.41, 5.74) is 0.436. The zero-order chi connectivity index (χ0) is 16.3. The number of rotatable bonds is 5. The van der Waals surface area contributed by atoms with Gasteiger partial charge in [0.15, 0.2) is 0 Å². The smallest absolute Gasteiger partial charge is 0.244 e. The summed E-state index contributed by atoms with van der Waals surface area (Å²) in [6.07, 6.45) is -5.43. The molecule has 8 heteroatoms. The Morgan fingerprint density at radius 2 is 1.95 bits per heavy atom. The number of hydrogen-bond donors (Lipinski definition) is 1. The van der Waals surface area contributed by atoms with Crippen molar-refractivity contribution in [2.45, 2.75) is 50.6 Å². The van der Waals surface area contributed by atoms with Gasteiger partial charge in [-0.1, -0.05) is 6.07 Å². The lowest BCUT2D eigenvalue weighted by molar-refractivity contribution is -0.136. The summed E-state index contributed by atoms with van der Waals surface area (Å²) in [4.78, 5) is 4.16. The highest BCUT2D eigenvalue weighted by Gasteiger charge is 2.31. The molecule has 0 saturated heterocycles. The van der Waals surface area contributed by atoms with Gasteiger partial charge in [-0.2, -0.15) is 13.2 Å². The highest BCUT2D eigenvalue weighted by molar-refractivity contribution is 9.10. The van der Waals surface area contributed by atoms with Gasteiger partial charge in [0.05, 0.1) is 27.5 Å². The van der Waals surface area contributed by atoms with E-state index < -0.39 is 34.4 Å². The SMILES string of the molecule is CC(C)(C)[S@](=O)N[C@@H](CCC(F)(F)F)c1cccc(Br)n1. The Kier molecular flexibility index (Phi) is 6.36. The third-order valence-electron chi connectivity index (χ3n) is 2.62. The first-order valence-corrected chi connectivity index (χ1v) is 8.30. The molecule has 0 amide bonds. The van der Waals surface area contributed by atoms with Crippen LogP contribution in [0.1, 0.15) is 45.3 Å². The van der Waals surface area contributed by atoms with E-state index in [-0.39, 0.29) is 6.42 Å². The minimum absolute atomic E-state index is 0.214. The largest absolute Gasteiger partial charge is 0.389 e. The van der Waals surface area contributed by atoms with Gasteiger partial charge >= 0.3 is 6.18 Å². The van der Waals surface area contributed by atoms with Gasteiger partial charge in [-0.05, 0) is 55.3 Å². The lowest BCUT2D eigenvalue weighted by Gasteiger charge is -2.24. The number of hydrogen-bond acceptors (Lipinski definition) is 2. The van der Waals surface area contributed by atoms with Crippen molar-refractivity contribution in [2.24, 2.45) is 0 Å². The maximum atomic E-state index is 12.4. The Morgan fingerprint density at radius 1 is 1.33 bits per heavy atom. The molecule has 0 aliphatic carbocycles. The first kappa shape index (κ1) is 18.6. The van der Waals surface area contributed by atoms with Gasteiger partial charge in [-0.3, -0.25) is 0 Å². The van der Waals surface area contributed by atoms with Crippen molar-refractivity contribution in [3.8, 4) is 0 Å². The van der Waals surface area contributed by atoms with Crippen molar-refractivity contribution in [2.75, 3.05) is 0 Å². The monoisotopic (exact) mass is 386 g/mol. The first-order valence-electron chi connectivity index (χ1n) is 6.36. The number of halogens is 4. The number of pyridine rings is 1. The Morgan fingerprint density at radius 3 is 2.43 bits per heavy atom. The molecule has 120 valence electrons. The Bertz CT molecular complexity index is 503. The van der Waals surface area contributed by atoms with Crippen LogP contribution in [-0.4, -0.2) is 20.1 Å². The molecule has 3 nitrogen and oxygen atoms in total. The van der Waals surface area contributed by atoms with E-state index in [1.165, 1.54) is 0 Å². The fourth-order valence-corrected chi connectivity index (χ4v) is 2.71. The standard InChI is InChI=1S/C13H18BrF3N2OS/c1-12(2,3)21(20)19-10(7-8-13(15,16)17)9-5-4-6-11(14)18-9/h4-6,10,19H,7-8H2,1-3H3/t10-,21-/m0/s1. The van der Waals surface area contributed by atoms with Crippen molar-refractivity contribution in [1.82, 2.24) is 9.71 Å². The molecule has 1 heterocycles. The van der Waals surface area contributed by atoms with Gasteiger partial charge in [0, 0.05) is 6.42 Å². The molecule has 0 aliphatic heterocycles. The number of nitrogens with one attached hydrogen (secondary N) is 1. The van der Waals surface area contributed by atoms with Crippen molar-refractivity contribution >= 4 is 26.9 Å². The van der Waals surface area contributed by atoms with Crippen molar-refractivity contribution < 1.29 is 17.4 Å². The van der Waals surface area contributed by atoms with Crippen LogP contribution < -0.4 is 4.72 Å². The molecule has 0 unspecified atom stereocenters. The summed E-state index contributed by atoms with van der Waals surface area (Å²) < 4.78 is 52.2. The molecule has 0 aliphatic rings. The highest BCUT2D eigenvalue weighted by Crippen LogP contribution is 2.28. The second-order valence-electron chi connectivity index (χ2n) is 5.59. The number of aromatic nitrogens is 1. The van der Waals surface area contributed by atoms with Crippen LogP contribution in [-0.2, 0) is 11.0 Å². The lowest BCUT2D eigenvalue weighted by Crippen LogP contribution is -2.36. The molecule has 0 radical (unpaired) electrons. The van der Waals surface area contributed by atoms with Crippen LogP contribution in [0.15, 0.2) is 22.8 Å². The van der Waals surface area contributed by atoms with E-state index >= 15 is 0 Å². The zero-order valence-electron chi connectivity index (χ0n) is 12.0. The molecule has 1 N–H and O–H groups in total. The van der Waals surface area contributed by atoms with E-state index in [4.69, 9.17) is 0 Å². The minimum Gasteiger partial charge on any atom is -0.244 e. The first-order chi connectivity index (χ1) is 9.49. The van der Waals surface area contributed by atoms with Gasteiger partial charge in [-0.25, -0.2) is 13.9 Å². The molecule has 0 bridgehead atoms. The van der Waals surface area contributed by atoms with E-state index in [1.807, 2.05) is 0 Å².